The third kappa shape index (κ3) is 4.76. The molecule has 3 N–H and O–H groups in total. The lowest BCUT2D eigenvalue weighted by Gasteiger charge is -2.13. The largest absolute Gasteiger partial charge is 0.496 e. The number of carbonyl (C=O) groups excluding carboxylic acids is 1. The Morgan fingerprint density at radius 3 is 2.38 bits per heavy atom. The van der Waals surface area contributed by atoms with Crippen LogP contribution in [0.5, 0.6) is 5.75 Å². The van der Waals surface area contributed by atoms with E-state index < -0.39 is 11.9 Å². The molecule has 0 atom stereocenters. The highest BCUT2D eigenvalue weighted by Crippen LogP contribution is 2.29. The first-order chi connectivity index (χ1) is 12.2. The average Bonchev–Trinajstić information content (AvgIpc) is 2.56. The molecule has 2 aromatic carbocycles. The van der Waals surface area contributed by atoms with E-state index in [2.05, 4.69) is 10.6 Å². The SMILES string of the molecule is COc1ccc(Cl)cc1C(=O)NC(=S)Nc1cc(C(=O)O)c(Cl)cc1Cl. The minimum Gasteiger partial charge on any atom is -0.496 e. The second-order valence-electron chi connectivity index (χ2n) is 4.87. The Morgan fingerprint density at radius 1 is 1.08 bits per heavy atom. The second kappa shape index (κ2) is 8.55. The molecule has 0 unspecified atom stereocenters. The highest BCUT2D eigenvalue weighted by molar-refractivity contribution is 7.80. The van der Waals surface area contributed by atoms with E-state index in [0.717, 1.165) is 0 Å². The number of rotatable bonds is 4. The molecule has 0 aromatic heterocycles. The van der Waals surface area contributed by atoms with Crippen molar-refractivity contribution in [3.8, 4) is 5.75 Å². The van der Waals surface area contributed by atoms with E-state index in [1.165, 1.54) is 25.3 Å². The lowest BCUT2D eigenvalue weighted by molar-refractivity contribution is 0.0697. The lowest BCUT2D eigenvalue weighted by Crippen LogP contribution is -2.34. The molecular formula is C16H11Cl3N2O4S. The number of carboxylic acid groups (broad SMARTS) is 1. The number of carboxylic acids is 1. The molecule has 0 saturated heterocycles. The molecule has 2 rings (SSSR count). The zero-order valence-electron chi connectivity index (χ0n) is 13.1. The smallest absolute Gasteiger partial charge is 0.337 e. The van der Waals surface area contributed by atoms with Crippen molar-refractivity contribution in [3.05, 3.63) is 56.5 Å². The Kier molecular flexibility index (Phi) is 6.66. The zero-order valence-corrected chi connectivity index (χ0v) is 16.2. The monoisotopic (exact) mass is 432 g/mol. The van der Waals surface area contributed by atoms with Gasteiger partial charge in [-0.15, -0.1) is 0 Å². The highest BCUT2D eigenvalue weighted by Gasteiger charge is 2.17. The number of hydrogen-bond acceptors (Lipinski definition) is 4. The van der Waals surface area contributed by atoms with Gasteiger partial charge in [-0.05, 0) is 42.5 Å². The molecule has 0 saturated carbocycles. The number of hydrogen-bond donors (Lipinski definition) is 3. The molecule has 1 amide bonds. The number of nitrogens with one attached hydrogen (secondary N) is 2. The molecule has 0 heterocycles. The predicted octanol–water partition coefficient (Wildman–Crippen LogP) is 4.48. The molecule has 0 aliphatic carbocycles. The maximum absolute atomic E-state index is 12.4. The first kappa shape index (κ1) is 20.3. The van der Waals surface area contributed by atoms with E-state index in [1.807, 2.05) is 0 Å². The Hall–Kier alpha value is -2.06. The number of methoxy groups -OCH3 is 1. The minimum absolute atomic E-state index is 0.0216. The number of anilines is 1. The summed E-state index contributed by atoms with van der Waals surface area (Å²) in [6.07, 6.45) is 0. The Morgan fingerprint density at radius 2 is 1.77 bits per heavy atom. The third-order valence-corrected chi connectivity index (χ3v) is 4.23. The topological polar surface area (TPSA) is 87.7 Å². The van der Waals surface area contributed by atoms with Crippen molar-refractivity contribution in [2.24, 2.45) is 0 Å². The van der Waals surface area contributed by atoms with Crippen LogP contribution in [0.3, 0.4) is 0 Å². The van der Waals surface area contributed by atoms with Gasteiger partial charge in [-0.3, -0.25) is 10.1 Å². The molecule has 0 radical (unpaired) electrons. The Labute approximate surface area is 169 Å². The summed E-state index contributed by atoms with van der Waals surface area (Å²) in [7, 11) is 1.41. The standard InChI is InChI=1S/C16H11Cl3N2O4S/c1-25-13-3-2-7(17)4-9(13)14(22)21-16(26)20-12-5-8(15(23)24)10(18)6-11(12)19/h2-6H,1H3,(H,23,24)(H2,20,21,22,26). The number of aromatic carboxylic acids is 1. The van der Waals surface area contributed by atoms with Gasteiger partial charge < -0.3 is 15.2 Å². The summed E-state index contributed by atoms with van der Waals surface area (Å²) in [4.78, 5) is 23.5. The normalized spacial score (nSPS) is 10.2. The molecule has 136 valence electrons. The van der Waals surface area contributed by atoms with Gasteiger partial charge in [-0.25, -0.2) is 4.79 Å². The van der Waals surface area contributed by atoms with Crippen LogP contribution in [0.25, 0.3) is 0 Å². The number of amides is 1. The maximum Gasteiger partial charge on any atom is 0.337 e. The summed E-state index contributed by atoms with van der Waals surface area (Å²) < 4.78 is 5.11. The van der Waals surface area contributed by atoms with Gasteiger partial charge in [0.15, 0.2) is 5.11 Å². The second-order valence-corrected chi connectivity index (χ2v) is 6.53. The summed E-state index contributed by atoms with van der Waals surface area (Å²) >= 11 is 22.8. The number of ether oxygens (including phenoxy) is 1. The van der Waals surface area contributed by atoms with Crippen molar-refractivity contribution < 1.29 is 19.4 Å². The van der Waals surface area contributed by atoms with Crippen LogP contribution in [0.2, 0.25) is 15.1 Å². The van der Waals surface area contributed by atoms with E-state index in [-0.39, 0.29) is 32.0 Å². The van der Waals surface area contributed by atoms with E-state index in [1.54, 1.807) is 12.1 Å². The Balaban J connectivity index is 2.19. The molecule has 0 spiro atoms. The van der Waals surface area contributed by atoms with Gasteiger partial charge in [0.1, 0.15) is 5.75 Å². The third-order valence-electron chi connectivity index (χ3n) is 3.17. The number of halogens is 3. The summed E-state index contributed by atoms with van der Waals surface area (Å²) in [6.45, 7) is 0. The fourth-order valence-corrected chi connectivity index (χ4v) is 2.88. The van der Waals surface area contributed by atoms with E-state index in [9.17, 15) is 9.59 Å². The van der Waals surface area contributed by atoms with Crippen molar-refractivity contribution in [1.82, 2.24) is 5.32 Å². The molecule has 26 heavy (non-hydrogen) atoms. The van der Waals surface area contributed by atoms with Gasteiger partial charge in [0.2, 0.25) is 0 Å². The first-order valence-corrected chi connectivity index (χ1v) is 8.45. The Bertz CT molecular complexity index is 905. The summed E-state index contributed by atoms with van der Waals surface area (Å²) in [5.74, 6) is -1.48. The zero-order chi connectivity index (χ0) is 19.4. The minimum atomic E-state index is -1.23. The fourth-order valence-electron chi connectivity index (χ4n) is 1.99. The molecular weight excluding hydrogens is 423 g/mol. The summed E-state index contributed by atoms with van der Waals surface area (Å²) in [5, 5.41) is 14.6. The van der Waals surface area contributed by atoms with E-state index in [4.69, 9.17) is 56.9 Å². The van der Waals surface area contributed by atoms with Crippen molar-refractivity contribution >= 4 is 69.7 Å². The van der Waals surface area contributed by atoms with Crippen molar-refractivity contribution in [3.63, 3.8) is 0 Å². The van der Waals surface area contributed by atoms with Crippen LogP contribution in [0.15, 0.2) is 30.3 Å². The van der Waals surface area contributed by atoms with Crippen LogP contribution in [0, 0.1) is 0 Å². The molecule has 6 nitrogen and oxygen atoms in total. The van der Waals surface area contributed by atoms with Gasteiger partial charge >= 0.3 is 5.97 Å². The summed E-state index contributed by atoms with van der Waals surface area (Å²) in [6, 6.07) is 7.03. The maximum atomic E-state index is 12.4. The van der Waals surface area contributed by atoms with Gasteiger partial charge in [-0.1, -0.05) is 34.8 Å². The van der Waals surface area contributed by atoms with Crippen LogP contribution in [-0.4, -0.2) is 29.2 Å². The van der Waals surface area contributed by atoms with Crippen LogP contribution in [0.4, 0.5) is 5.69 Å². The highest BCUT2D eigenvalue weighted by atomic mass is 35.5. The molecule has 0 fully saturated rings. The van der Waals surface area contributed by atoms with Gasteiger partial charge in [0.25, 0.3) is 5.91 Å². The number of thiocarbonyl (C=S) groups is 1. The number of carbonyl (C=O) groups is 2. The van der Waals surface area contributed by atoms with E-state index in [0.29, 0.717) is 10.8 Å². The first-order valence-electron chi connectivity index (χ1n) is 6.91. The molecule has 0 aliphatic heterocycles. The molecule has 10 heteroatoms. The fraction of sp³-hybridized carbons (Fsp3) is 0.0625. The predicted molar refractivity (Wildman–Crippen MR) is 105 cm³/mol. The van der Waals surface area contributed by atoms with Crippen LogP contribution >= 0.6 is 47.0 Å². The van der Waals surface area contributed by atoms with E-state index >= 15 is 0 Å². The van der Waals surface area contributed by atoms with Crippen molar-refractivity contribution in [2.75, 3.05) is 12.4 Å². The van der Waals surface area contributed by atoms with Gasteiger partial charge in [0.05, 0.1) is 34.0 Å². The number of benzene rings is 2. The molecule has 0 aliphatic rings. The van der Waals surface area contributed by atoms with Crippen LogP contribution in [-0.2, 0) is 0 Å². The van der Waals surface area contributed by atoms with Crippen molar-refractivity contribution in [2.45, 2.75) is 0 Å². The van der Waals surface area contributed by atoms with Crippen molar-refractivity contribution in [1.29, 1.82) is 0 Å². The van der Waals surface area contributed by atoms with Gasteiger partial charge in [0, 0.05) is 5.02 Å². The lowest BCUT2D eigenvalue weighted by atomic mass is 10.2. The average molecular weight is 434 g/mol. The van der Waals surface area contributed by atoms with Crippen LogP contribution in [0.1, 0.15) is 20.7 Å². The van der Waals surface area contributed by atoms with Gasteiger partial charge in [-0.2, -0.15) is 0 Å². The molecule has 2 aromatic rings. The van der Waals surface area contributed by atoms with Crippen LogP contribution < -0.4 is 15.4 Å². The molecule has 0 bridgehead atoms. The summed E-state index contributed by atoms with van der Waals surface area (Å²) in [5.41, 5.74) is 0.193. The quantitative estimate of drug-likeness (QED) is 0.616.